The first-order chi connectivity index (χ1) is 8.65. The number of hydrogen-bond acceptors (Lipinski definition) is 5. The molecule has 3 aliphatic rings. The molecular weight excluding hydrogens is 236 g/mol. The van der Waals surface area contributed by atoms with Crippen LogP contribution in [0.5, 0.6) is 0 Å². The highest BCUT2D eigenvalue weighted by atomic mass is 16.7. The van der Waals surface area contributed by atoms with E-state index >= 15 is 0 Å². The molecule has 5 heteroatoms. The molecule has 0 amide bonds. The number of fused-ring (bicyclic) bond motifs is 1. The molecule has 1 aliphatic carbocycles. The van der Waals surface area contributed by atoms with Crippen LogP contribution in [0.25, 0.3) is 0 Å². The molecule has 5 nitrogen and oxygen atoms in total. The minimum Gasteiger partial charge on any atom is -0.458 e. The van der Waals surface area contributed by atoms with Gasteiger partial charge in [0.2, 0.25) is 0 Å². The van der Waals surface area contributed by atoms with Gasteiger partial charge in [0.25, 0.3) is 6.29 Å². The first kappa shape index (κ1) is 11.1. The van der Waals surface area contributed by atoms with Crippen LogP contribution in [0.15, 0.2) is 35.6 Å². The number of hydrogen-bond donors (Lipinski definition) is 0. The molecule has 94 valence electrons. The van der Waals surface area contributed by atoms with E-state index in [0.29, 0.717) is 11.1 Å². The van der Waals surface area contributed by atoms with Crippen molar-refractivity contribution in [2.75, 3.05) is 0 Å². The highest BCUT2D eigenvalue weighted by molar-refractivity contribution is 5.92. The summed E-state index contributed by atoms with van der Waals surface area (Å²) >= 11 is 0. The van der Waals surface area contributed by atoms with E-state index < -0.39 is 12.3 Å². The van der Waals surface area contributed by atoms with Gasteiger partial charge in [-0.1, -0.05) is 12.2 Å². The molecule has 0 aromatic carbocycles. The van der Waals surface area contributed by atoms with Crippen LogP contribution in [0, 0.1) is 5.92 Å². The third-order valence-corrected chi connectivity index (χ3v) is 3.23. The fraction of sp³-hybridized carbons (Fsp3) is 0.385. The van der Waals surface area contributed by atoms with Crippen molar-refractivity contribution in [1.82, 2.24) is 0 Å². The number of esters is 2. The van der Waals surface area contributed by atoms with Crippen molar-refractivity contribution in [1.29, 1.82) is 0 Å². The summed E-state index contributed by atoms with van der Waals surface area (Å²) in [4.78, 5) is 22.7. The molecule has 18 heavy (non-hydrogen) atoms. The Morgan fingerprint density at radius 3 is 2.89 bits per heavy atom. The molecule has 0 aromatic rings. The van der Waals surface area contributed by atoms with E-state index in [0.717, 1.165) is 6.42 Å². The maximum Gasteiger partial charge on any atom is 0.338 e. The minimum atomic E-state index is -0.748. The minimum absolute atomic E-state index is 0.0420. The first-order valence-electron chi connectivity index (χ1n) is 5.78. The fourth-order valence-electron chi connectivity index (χ4n) is 2.24. The molecule has 0 N–H and O–H groups in total. The molecule has 1 saturated heterocycles. The molecule has 1 fully saturated rings. The summed E-state index contributed by atoms with van der Waals surface area (Å²) in [6.07, 6.45) is 6.72. The SMILES string of the molecule is CC1=C[C@H](O/C=C2\C(=O)O[C@H]3CC=C[C@@H]23)OC1=O. The number of carbonyl (C=O) groups is 2. The molecule has 2 aliphatic heterocycles. The Labute approximate surface area is 104 Å². The van der Waals surface area contributed by atoms with Crippen LogP contribution in [0.2, 0.25) is 0 Å². The highest BCUT2D eigenvalue weighted by Gasteiger charge is 2.40. The average molecular weight is 248 g/mol. The Bertz CT molecular complexity index is 500. The second-order valence-electron chi connectivity index (χ2n) is 4.47. The Morgan fingerprint density at radius 1 is 1.33 bits per heavy atom. The molecule has 0 unspecified atom stereocenters. The normalized spacial score (nSPS) is 35.5. The number of ether oxygens (including phenoxy) is 3. The quantitative estimate of drug-likeness (QED) is 0.318. The third kappa shape index (κ3) is 1.72. The molecule has 0 radical (unpaired) electrons. The van der Waals surface area contributed by atoms with E-state index in [1.165, 1.54) is 6.26 Å². The first-order valence-corrected chi connectivity index (χ1v) is 5.78. The molecule has 0 spiro atoms. The van der Waals surface area contributed by atoms with Crippen molar-refractivity contribution in [3.63, 3.8) is 0 Å². The Kier molecular flexibility index (Phi) is 2.47. The van der Waals surface area contributed by atoms with Crippen LogP contribution in [-0.4, -0.2) is 24.3 Å². The van der Waals surface area contributed by atoms with Gasteiger partial charge in [0.05, 0.1) is 11.8 Å². The summed E-state index contributed by atoms with van der Waals surface area (Å²) in [6.45, 7) is 1.65. The Morgan fingerprint density at radius 2 is 2.17 bits per heavy atom. The van der Waals surface area contributed by atoms with Gasteiger partial charge in [0.1, 0.15) is 6.10 Å². The predicted molar refractivity (Wildman–Crippen MR) is 59.9 cm³/mol. The van der Waals surface area contributed by atoms with E-state index in [1.54, 1.807) is 13.0 Å². The van der Waals surface area contributed by atoms with E-state index in [4.69, 9.17) is 14.2 Å². The largest absolute Gasteiger partial charge is 0.458 e. The van der Waals surface area contributed by atoms with Crippen molar-refractivity contribution in [3.05, 3.63) is 35.6 Å². The topological polar surface area (TPSA) is 61.8 Å². The summed E-state index contributed by atoms with van der Waals surface area (Å²) in [5, 5.41) is 0. The molecular formula is C13H12O5. The van der Waals surface area contributed by atoms with Gasteiger partial charge in [-0.15, -0.1) is 0 Å². The maximum absolute atomic E-state index is 11.6. The van der Waals surface area contributed by atoms with Crippen LogP contribution >= 0.6 is 0 Å². The second kappa shape index (κ2) is 4.01. The zero-order valence-electron chi connectivity index (χ0n) is 9.79. The van der Waals surface area contributed by atoms with Crippen LogP contribution in [0.1, 0.15) is 13.3 Å². The molecule has 2 heterocycles. The number of cyclic esters (lactones) is 1. The summed E-state index contributed by atoms with van der Waals surface area (Å²) in [5.74, 6) is -0.801. The number of carbonyl (C=O) groups excluding carboxylic acids is 2. The van der Waals surface area contributed by atoms with E-state index in [1.807, 2.05) is 12.2 Å². The van der Waals surface area contributed by atoms with Gasteiger partial charge >= 0.3 is 11.9 Å². The van der Waals surface area contributed by atoms with Crippen molar-refractivity contribution < 1.29 is 23.8 Å². The molecule has 3 rings (SSSR count). The van der Waals surface area contributed by atoms with Gasteiger partial charge in [0, 0.05) is 24.0 Å². The van der Waals surface area contributed by atoms with E-state index in [2.05, 4.69) is 0 Å². The summed E-state index contributed by atoms with van der Waals surface area (Å²) < 4.78 is 15.4. The van der Waals surface area contributed by atoms with E-state index in [9.17, 15) is 9.59 Å². The second-order valence-corrected chi connectivity index (χ2v) is 4.47. The van der Waals surface area contributed by atoms with Crippen molar-refractivity contribution in [3.8, 4) is 0 Å². The van der Waals surface area contributed by atoms with Crippen molar-refractivity contribution in [2.24, 2.45) is 5.92 Å². The van der Waals surface area contributed by atoms with E-state index in [-0.39, 0.29) is 18.0 Å². The lowest BCUT2D eigenvalue weighted by molar-refractivity contribution is -0.152. The number of rotatable bonds is 2. The van der Waals surface area contributed by atoms with Crippen LogP contribution in [0.4, 0.5) is 0 Å². The summed E-state index contributed by atoms with van der Waals surface area (Å²) in [5.41, 5.74) is 0.980. The highest BCUT2D eigenvalue weighted by Crippen LogP contribution is 2.35. The molecule has 0 aromatic heterocycles. The monoisotopic (exact) mass is 248 g/mol. The van der Waals surface area contributed by atoms with Crippen LogP contribution < -0.4 is 0 Å². The zero-order chi connectivity index (χ0) is 12.7. The lowest BCUT2D eigenvalue weighted by Gasteiger charge is -2.09. The lowest BCUT2D eigenvalue weighted by Crippen LogP contribution is -2.11. The summed E-state index contributed by atoms with van der Waals surface area (Å²) in [7, 11) is 0. The predicted octanol–water partition coefficient (Wildman–Crippen LogP) is 1.22. The standard InChI is InChI=1S/C13H12O5/c1-7-5-11(18-12(7)14)16-6-9-8-3-2-4-10(8)17-13(9)15/h2-3,5-6,8,10-11H,4H2,1H3/b9-6-/t8-,10-,11+/m0/s1. The van der Waals surface area contributed by atoms with Gasteiger partial charge in [-0.25, -0.2) is 9.59 Å². The molecule has 3 atom stereocenters. The zero-order valence-corrected chi connectivity index (χ0v) is 9.79. The molecule has 0 bridgehead atoms. The fourth-order valence-corrected chi connectivity index (χ4v) is 2.24. The lowest BCUT2D eigenvalue weighted by atomic mass is 10.0. The van der Waals surface area contributed by atoms with Crippen LogP contribution in [-0.2, 0) is 23.8 Å². The maximum atomic E-state index is 11.6. The third-order valence-electron chi connectivity index (χ3n) is 3.23. The molecule has 0 saturated carbocycles. The van der Waals surface area contributed by atoms with Gasteiger partial charge in [-0.2, -0.15) is 0 Å². The van der Waals surface area contributed by atoms with Crippen LogP contribution in [0.3, 0.4) is 0 Å². The Balaban J connectivity index is 1.71. The van der Waals surface area contributed by atoms with Crippen molar-refractivity contribution in [2.45, 2.75) is 25.7 Å². The summed E-state index contributed by atoms with van der Waals surface area (Å²) in [6, 6.07) is 0. The van der Waals surface area contributed by atoms with Gasteiger partial charge in [-0.05, 0) is 6.92 Å². The van der Waals surface area contributed by atoms with Gasteiger partial charge < -0.3 is 14.2 Å². The Hall–Kier alpha value is -2.04. The average Bonchev–Trinajstić information content (AvgIpc) is 2.94. The van der Waals surface area contributed by atoms with Crippen molar-refractivity contribution >= 4 is 11.9 Å². The smallest absolute Gasteiger partial charge is 0.338 e. The van der Waals surface area contributed by atoms with Gasteiger partial charge in [-0.3, -0.25) is 0 Å². The van der Waals surface area contributed by atoms with Gasteiger partial charge in [0.15, 0.2) is 0 Å².